The molecule has 0 spiro atoms. The molecule has 3 aromatic rings. The fourth-order valence-corrected chi connectivity index (χ4v) is 5.00. The molecule has 1 aliphatic heterocycles. The van der Waals surface area contributed by atoms with Gasteiger partial charge in [-0.05, 0) is 60.4 Å². The summed E-state index contributed by atoms with van der Waals surface area (Å²) in [5.74, 6) is 0.677. The van der Waals surface area contributed by atoms with Gasteiger partial charge in [0.25, 0.3) is 0 Å². The lowest BCUT2D eigenvalue weighted by atomic mass is 9.97. The third kappa shape index (κ3) is 5.48. The van der Waals surface area contributed by atoms with Crippen LogP contribution in [0.15, 0.2) is 61.2 Å². The Bertz CT molecular complexity index is 1300. The number of nitrogen functional groups attached to an aromatic ring is 1. The second-order valence-corrected chi connectivity index (χ2v) is 10.4. The smallest absolute Gasteiger partial charge is 0.245 e. The summed E-state index contributed by atoms with van der Waals surface area (Å²) in [6.45, 7) is 12.2. The molecule has 1 amide bonds. The van der Waals surface area contributed by atoms with E-state index in [4.69, 9.17) is 28.9 Å². The van der Waals surface area contributed by atoms with Crippen LogP contribution in [0.1, 0.15) is 30.9 Å². The first-order valence-corrected chi connectivity index (χ1v) is 12.8. The Hall–Kier alpha value is -3.15. The maximum Gasteiger partial charge on any atom is 0.245 e. The van der Waals surface area contributed by atoms with E-state index in [1.54, 1.807) is 17.0 Å². The van der Waals surface area contributed by atoms with Crippen LogP contribution in [0.3, 0.4) is 0 Å². The summed E-state index contributed by atoms with van der Waals surface area (Å²) in [7, 11) is 0. The number of anilines is 4. The summed E-state index contributed by atoms with van der Waals surface area (Å²) in [4.78, 5) is 13.6. The van der Waals surface area contributed by atoms with E-state index in [1.165, 1.54) is 11.6 Å². The van der Waals surface area contributed by atoms with E-state index in [1.807, 2.05) is 18.2 Å². The molecule has 4 N–H and O–H groups in total. The zero-order chi connectivity index (χ0) is 26.0. The van der Waals surface area contributed by atoms with Crippen LogP contribution in [0.25, 0.3) is 11.1 Å². The number of nitrogens with zero attached hydrogens (tertiary/aromatic N) is 1. The van der Waals surface area contributed by atoms with Crippen molar-refractivity contribution >= 4 is 51.9 Å². The quantitative estimate of drug-likeness (QED) is 0.212. The van der Waals surface area contributed by atoms with Crippen LogP contribution in [0.4, 0.5) is 22.7 Å². The Balaban J connectivity index is 1.70. The van der Waals surface area contributed by atoms with Crippen LogP contribution in [0.2, 0.25) is 10.0 Å². The molecular weight excluding hydrogens is 491 g/mol. The zero-order valence-corrected chi connectivity index (χ0v) is 22.4. The van der Waals surface area contributed by atoms with Crippen LogP contribution in [-0.2, 0) is 4.79 Å². The second-order valence-electron chi connectivity index (χ2n) is 9.63. The third-order valence-electron chi connectivity index (χ3n) is 6.60. The van der Waals surface area contributed by atoms with Crippen molar-refractivity contribution in [1.82, 2.24) is 4.90 Å². The summed E-state index contributed by atoms with van der Waals surface area (Å²) >= 11 is 13.3. The number of aryl methyl sites for hydroxylation is 1. The van der Waals surface area contributed by atoms with Crippen LogP contribution >= 0.6 is 23.2 Å². The lowest BCUT2D eigenvalue weighted by molar-refractivity contribution is -0.131. The van der Waals surface area contributed by atoms with Gasteiger partial charge in [0, 0.05) is 53.1 Å². The summed E-state index contributed by atoms with van der Waals surface area (Å²) in [5.41, 5.74) is 13.5. The fourth-order valence-electron chi connectivity index (χ4n) is 4.52. The van der Waals surface area contributed by atoms with E-state index in [9.17, 15) is 4.79 Å². The van der Waals surface area contributed by atoms with Gasteiger partial charge in [0.2, 0.25) is 5.91 Å². The molecule has 4 rings (SSSR count). The third-order valence-corrected chi connectivity index (χ3v) is 7.24. The van der Waals surface area contributed by atoms with Gasteiger partial charge in [-0.2, -0.15) is 0 Å². The molecule has 1 aliphatic rings. The highest BCUT2D eigenvalue weighted by Crippen LogP contribution is 2.42. The van der Waals surface area contributed by atoms with Crippen molar-refractivity contribution in [2.24, 2.45) is 5.92 Å². The Kier molecular flexibility index (Phi) is 7.82. The fraction of sp³-hybridized carbons (Fsp3) is 0.276. The molecule has 0 saturated carbocycles. The number of hydrogen-bond donors (Lipinski definition) is 3. The number of rotatable bonds is 8. The Morgan fingerprint density at radius 2 is 1.83 bits per heavy atom. The molecule has 0 bridgehead atoms. The molecule has 1 saturated heterocycles. The van der Waals surface area contributed by atoms with Gasteiger partial charge in [0.05, 0.1) is 16.4 Å². The van der Waals surface area contributed by atoms with Crippen LogP contribution in [0, 0.1) is 12.8 Å². The first-order chi connectivity index (χ1) is 17.2. The van der Waals surface area contributed by atoms with Gasteiger partial charge in [-0.25, -0.2) is 0 Å². The number of amides is 1. The lowest BCUT2D eigenvalue weighted by Crippen LogP contribution is -2.51. The number of carbonyl (C=O) groups excluding carboxylic acids is 1. The maximum atomic E-state index is 11.8. The van der Waals surface area contributed by atoms with Gasteiger partial charge in [-0.15, -0.1) is 0 Å². The molecule has 0 atom stereocenters. The number of nitrogens with one attached hydrogen (secondary N) is 2. The van der Waals surface area contributed by atoms with Crippen molar-refractivity contribution in [2.45, 2.75) is 26.7 Å². The van der Waals surface area contributed by atoms with E-state index < -0.39 is 0 Å². The van der Waals surface area contributed by atoms with Gasteiger partial charge in [0.1, 0.15) is 0 Å². The minimum atomic E-state index is -0.0271. The number of halogens is 2. The highest BCUT2D eigenvalue weighted by molar-refractivity contribution is 6.37. The van der Waals surface area contributed by atoms with Gasteiger partial charge in [-0.3, -0.25) is 4.79 Å². The average molecular weight is 524 g/mol. The van der Waals surface area contributed by atoms with E-state index in [0.29, 0.717) is 40.7 Å². The first-order valence-electron chi connectivity index (χ1n) is 12.1. The number of para-hydroxylation sites is 1. The summed E-state index contributed by atoms with van der Waals surface area (Å²) in [6, 6.07) is 15.7. The molecule has 36 heavy (non-hydrogen) atoms. The molecule has 1 heterocycles. The van der Waals surface area contributed by atoms with Crippen LogP contribution in [-0.4, -0.2) is 30.4 Å². The Labute approximate surface area is 223 Å². The monoisotopic (exact) mass is 522 g/mol. The molecule has 7 heteroatoms. The molecule has 1 fully saturated rings. The van der Waals surface area contributed by atoms with E-state index in [-0.39, 0.29) is 5.91 Å². The predicted octanol–water partition coefficient (Wildman–Crippen LogP) is 7.47. The lowest BCUT2D eigenvalue weighted by Gasteiger charge is -2.39. The number of carbonyl (C=O) groups is 1. The van der Waals surface area contributed by atoms with Crippen molar-refractivity contribution < 1.29 is 4.79 Å². The van der Waals surface area contributed by atoms with E-state index in [2.05, 4.69) is 56.2 Å². The standard InChI is InChI=1S/C29H32Cl2N4O/c1-5-28(36)35-15-19(16-35)14-33-26-13-25(31)23(22-11-20(32)9-10-24(22)30)12-27(26)34-29-18(4)7-6-8-21(29)17(2)3/h5-13,17,19,33-34H,1,14-16,32H2,2-4H3. The molecule has 3 aromatic carbocycles. The van der Waals surface area contributed by atoms with Gasteiger partial charge in [-0.1, -0.05) is 61.8 Å². The summed E-state index contributed by atoms with van der Waals surface area (Å²) in [5, 5.41) is 8.40. The Morgan fingerprint density at radius 1 is 1.11 bits per heavy atom. The van der Waals surface area contributed by atoms with Crippen molar-refractivity contribution in [3.05, 3.63) is 82.4 Å². The van der Waals surface area contributed by atoms with Gasteiger partial charge in [0.15, 0.2) is 0 Å². The number of likely N-dealkylation sites (tertiary alicyclic amines) is 1. The Morgan fingerprint density at radius 3 is 2.53 bits per heavy atom. The zero-order valence-electron chi connectivity index (χ0n) is 20.9. The second kappa shape index (κ2) is 10.9. The minimum Gasteiger partial charge on any atom is -0.399 e. The highest BCUT2D eigenvalue weighted by atomic mass is 35.5. The van der Waals surface area contributed by atoms with Gasteiger partial charge < -0.3 is 21.3 Å². The predicted molar refractivity (Wildman–Crippen MR) is 154 cm³/mol. The number of hydrogen-bond acceptors (Lipinski definition) is 4. The molecule has 0 aliphatic carbocycles. The van der Waals surface area contributed by atoms with Crippen molar-refractivity contribution in [1.29, 1.82) is 0 Å². The van der Waals surface area contributed by atoms with Crippen molar-refractivity contribution in [3.8, 4) is 11.1 Å². The highest BCUT2D eigenvalue weighted by Gasteiger charge is 2.29. The molecular formula is C29H32Cl2N4O. The maximum absolute atomic E-state index is 11.8. The van der Waals surface area contributed by atoms with Crippen molar-refractivity contribution in [2.75, 3.05) is 36.0 Å². The number of nitrogens with two attached hydrogens (primary N) is 1. The van der Waals surface area contributed by atoms with Crippen molar-refractivity contribution in [3.63, 3.8) is 0 Å². The number of benzene rings is 3. The topological polar surface area (TPSA) is 70.4 Å². The average Bonchev–Trinajstić information content (AvgIpc) is 2.81. The molecule has 0 unspecified atom stereocenters. The summed E-state index contributed by atoms with van der Waals surface area (Å²) < 4.78 is 0. The minimum absolute atomic E-state index is 0.0271. The molecule has 0 aromatic heterocycles. The summed E-state index contributed by atoms with van der Waals surface area (Å²) in [6.07, 6.45) is 1.36. The SMILES string of the molecule is C=CC(=O)N1CC(CNc2cc(Cl)c(-c3cc(N)ccc3Cl)cc2Nc2c(C)cccc2C(C)C)C1. The molecule has 188 valence electrons. The molecule has 5 nitrogen and oxygen atoms in total. The van der Waals surface area contributed by atoms with E-state index in [0.717, 1.165) is 40.3 Å². The van der Waals surface area contributed by atoms with Crippen LogP contribution in [0.5, 0.6) is 0 Å². The molecule has 0 radical (unpaired) electrons. The van der Waals surface area contributed by atoms with Crippen LogP contribution < -0.4 is 16.4 Å². The largest absolute Gasteiger partial charge is 0.399 e. The van der Waals surface area contributed by atoms with E-state index >= 15 is 0 Å². The first kappa shape index (κ1) is 25.9. The van der Waals surface area contributed by atoms with Gasteiger partial charge >= 0.3 is 0 Å². The normalized spacial score (nSPS) is 13.4.